The Morgan fingerprint density at radius 2 is 1.67 bits per heavy atom. The number of hydrogen-bond donors (Lipinski definition) is 1. The molecular formula is C18H18O6. The van der Waals surface area contributed by atoms with Crippen LogP contribution in [0.3, 0.4) is 0 Å². The van der Waals surface area contributed by atoms with Gasteiger partial charge in [0.2, 0.25) is 0 Å². The molecule has 126 valence electrons. The molecule has 0 saturated carbocycles. The number of phenolic OH excluding ortho intramolecular Hbond substituents is 1. The van der Waals surface area contributed by atoms with Crippen molar-refractivity contribution < 1.29 is 28.9 Å². The molecule has 0 unspecified atom stereocenters. The molecule has 0 aromatic heterocycles. The van der Waals surface area contributed by atoms with Crippen LogP contribution in [0.25, 0.3) is 0 Å². The molecule has 0 aliphatic carbocycles. The van der Waals surface area contributed by atoms with Crippen LogP contribution in [0.2, 0.25) is 0 Å². The van der Waals surface area contributed by atoms with Crippen molar-refractivity contribution in [1.82, 2.24) is 0 Å². The summed E-state index contributed by atoms with van der Waals surface area (Å²) in [5.41, 5.74) is 1.53. The first kappa shape index (κ1) is 17.3. The van der Waals surface area contributed by atoms with Gasteiger partial charge in [0.25, 0.3) is 0 Å². The van der Waals surface area contributed by atoms with Crippen molar-refractivity contribution in [2.45, 2.75) is 13.5 Å². The first-order valence-electron chi connectivity index (χ1n) is 7.35. The van der Waals surface area contributed by atoms with E-state index in [0.29, 0.717) is 11.1 Å². The van der Waals surface area contributed by atoms with E-state index in [9.17, 15) is 14.7 Å². The van der Waals surface area contributed by atoms with Crippen LogP contribution in [0, 0.1) is 0 Å². The second kappa shape index (κ2) is 8.01. The highest BCUT2D eigenvalue weighted by Crippen LogP contribution is 2.28. The van der Waals surface area contributed by atoms with Gasteiger partial charge in [-0.05, 0) is 42.8 Å². The minimum atomic E-state index is -0.482. The van der Waals surface area contributed by atoms with E-state index >= 15 is 0 Å². The molecule has 0 radical (unpaired) electrons. The fourth-order valence-electron chi connectivity index (χ4n) is 1.99. The minimum absolute atomic E-state index is 0.0748. The highest BCUT2D eigenvalue weighted by atomic mass is 16.5. The van der Waals surface area contributed by atoms with E-state index < -0.39 is 11.9 Å². The zero-order valence-corrected chi connectivity index (χ0v) is 13.4. The highest BCUT2D eigenvalue weighted by molar-refractivity contribution is 5.90. The van der Waals surface area contributed by atoms with Crippen LogP contribution in [0.1, 0.15) is 33.2 Å². The third-order valence-corrected chi connectivity index (χ3v) is 3.24. The van der Waals surface area contributed by atoms with Gasteiger partial charge in [-0.25, -0.2) is 9.59 Å². The second-order valence-electron chi connectivity index (χ2n) is 4.88. The third kappa shape index (κ3) is 4.25. The number of carbonyl (C=O) groups excluding carboxylic acids is 2. The molecule has 0 fully saturated rings. The zero-order chi connectivity index (χ0) is 17.5. The molecule has 0 heterocycles. The van der Waals surface area contributed by atoms with Crippen molar-refractivity contribution in [1.29, 1.82) is 0 Å². The minimum Gasteiger partial charge on any atom is -0.504 e. The van der Waals surface area contributed by atoms with E-state index in [1.54, 1.807) is 31.2 Å². The van der Waals surface area contributed by atoms with Gasteiger partial charge in [-0.1, -0.05) is 12.1 Å². The van der Waals surface area contributed by atoms with Gasteiger partial charge in [-0.2, -0.15) is 0 Å². The van der Waals surface area contributed by atoms with E-state index in [-0.39, 0.29) is 24.7 Å². The standard InChI is InChI=1S/C18H18O6/c1-3-23-18(21)14-8-9-15(19)16(10-14)24-11-12-4-6-13(7-5-12)17(20)22-2/h4-10,19H,3,11H2,1-2H3. The lowest BCUT2D eigenvalue weighted by atomic mass is 10.1. The molecule has 0 atom stereocenters. The first-order valence-corrected chi connectivity index (χ1v) is 7.35. The Labute approximate surface area is 139 Å². The number of carbonyl (C=O) groups is 2. The smallest absolute Gasteiger partial charge is 0.338 e. The summed E-state index contributed by atoms with van der Waals surface area (Å²) in [5.74, 6) is -0.793. The number of esters is 2. The van der Waals surface area contributed by atoms with Crippen molar-refractivity contribution in [2.75, 3.05) is 13.7 Å². The van der Waals surface area contributed by atoms with Crippen LogP contribution < -0.4 is 4.74 Å². The molecule has 0 aliphatic rings. The summed E-state index contributed by atoms with van der Waals surface area (Å²) in [4.78, 5) is 23.1. The van der Waals surface area contributed by atoms with Crippen molar-refractivity contribution in [3.8, 4) is 11.5 Å². The lowest BCUT2D eigenvalue weighted by molar-refractivity contribution is 0.0524. The van der Waals surface area contributed by atoms with E-state index in [0.717, 1.165) is 5.56 Å². The molecule has 1 N–H and O–H groups in total. The topological polar surface area (TPSA) is 82.1 Å². The predicted molar refractivity (Wildman–Crippen MR) is 86.2 cm³/mol. The molecule has 0 saturated heterocycles. The zero-order valence-electron chi connectivity index (χ0n) is 13.4. The lowest BCUT2D eigenvalue weighted by Gasteiger charge is -2.10. The van der Waals surface area contributed by atoms with Crippen LogP contribution in [0.4, 0.5) is 0 Å². The Bertz CT molecular complexity index is 721. The molecule has 2 rings (SSSR count). The molecule has 6 nitrogen and oxygen atoms in total. The lowest BCUT2D eigenvalue weighted by Crippen LogP contribution is -2.05. The van der Waals surface area contributed by atoms with Crippen molar-refractivity contribution in [3.63, 3.8) is 0 Å². The van der Waals surface area contributed by atoms with Gasteiger partial charge >= 0.3 is 11.9 Å². The number of rotatable bonds is 6. The Hall–Kier alpha value is -3.02. The number of ether oxygens (including phenoxy) is 3. The number of phenols is 1. The van der Waals surface area contributed by atoms with E-state index in [2.05, 4.69) is 4.74 Å². The summed E-state index contributed by atoms with van der Waals surface area (Å²) in [6, 6.07) is 11.0. The van der Waals surface area contributed by atoms with Gasteiger partial charge < -0.3 is 19.3 Å². The highest BCUT2D eigenvalue weighted by Gasteiger charge is 2.11. The van der Waals surface area contributed by atoms with Gasteiger partial charge in [0.05, 0.1) is 24.8 Å². The fourth-order valence-corrected chi connectivity index (χ4v) is 1.99. The Morgan fingerprint density at radius 3 is 2.29 bits per heavy atom. The summed E-state index contributed by atoms with van der Waals surface area (Å²) < 4.78 is 15.1. The van der Waals surface area contributed by atoms with Crippen molar-refractivity contribution in [2.24, 2.45) is 0 Å². The van der Waals surface area contributed by atoms with E-state index in [1.807, 2.05) is 0 Å². The molecule has 0 spiro atoms. The second-order valence-corrected chi connectivity index (χ2v) is 4.88. The predicted octanol–water partition coefficient (Wildman–Crippen LogP) is 2.93. The Kier molecular flexibility index (Phi) is 5.78. The van der Waals surface area contributed by atoms with Crippen LogP contribution in [-0.2, 0) is 16.1 Å². The van der Waals surface area contributed by atoms with Crippen LogP contribution in [-0.4, -0.2) is 30.8 Å². The normalized spacial score (nSPS) is 10.1. The quantitative estimate of drug-likeness (QED) is 0.820. The number of hydrogen-bond acceptors (Lipinski definition) is 6. The maximum atomic E-state index is 11.7. The number of benzene rings is 2. The van der Waals surface area contributed by atoms with Crippen LogP contribution in [0.15, 0.2) is 42.5 Å². The van der Waals surface area contributed by atoms with Gasteiger partial charge in [-0.15, -0.1) is 0 Å². The summed E-state index contributed by atoms with van der Waals surface area (Å²) >= 11 is 0. The van der Waals surface area contributed by atoms with Gasteiger partial charge in [0.1, 0.15) is 6.61 Å². The first-order chi connectivity index (χ1) is 11.5. The molecule has 2 aromatic carbocycles. The Balaban J connectivity index is 2.07. The summed E-state index contributed by atoms with van der Waals surface area (Å²) in [6.45, 7) is 2.15. The largest absolute Gasteiger partial charge is 0.504 e. The molecule has 24 heavy (non-hydrogen) atoms. The van der Waals surface area contributed by atoms with Crippen molar-refractivity contribution >= 4 is 11.9 Å². The molecule has 0 bridgehead atoms. The SMILES string of the molecule is CCOC(=O)c1ccc(O)c(OCc2ccc(C(=O)OC)cc2)c1. The monoisotopic (exact) mass is 330 g/mol. The summed E-state index contributed by atoms with van der Waals surface area (Å²) in [7, 11) is 1.32. The van der Waals surface area contributed by atoms with Crippen molar-refractivity contribution in [3.05, 3.63) is 59.2 Å². The maximum Gasteiger partial charge on any atom is 0.338 e. The summed E-state index contributed by atoms with van der Waals surface area (Å²) in [5, 5.41) is 9.84. The van der Waals surface area contributed by atoms with Gasteiger partial charge in [0.15, 0.2) is 11.5 Å². The van der Waals surface area contributed by atoms with Gasteiger partial charge in [-0.3, -0.25) is 0 Å². The number of aromatic hydroxyl groups is 1. The maximum absolute atomic E-state index is 11.7. The molecular weight excluding hydrogens is 312 g/mol. The molecule has 0 amide bonds. The third-order valence-electron chi connectivity index (χ3n) is 3.24. The average molecular weight is 330 g/mol. The van der Waals surface area contributed by atoms with Crippen LogP contribution >= 0.6 is 0 Å². The molecule has 0 aliphatic heterocycles. The van der Waals surface area contributed by atoms with Gasteiger partial charge in [0, 0.05) is 0 Å². The fraction of sp³-hybridized carbons (Fsp3) is 0.222. The van der Waals surface area contributed by atoms with Crippen LogP contribution in [0.5, 0.6) is 11.5 Å². The van der Waals surface area contributed by atoms with E-state index in [4.69, 9.17) is 9.47 Å². The summed E-state index contributed by atoms with van der Waals surface area (Å²) in [6.07, 6.45) is 0. The molecule has 6 heteroatoms. The Morgan fingerprint density at radius 1 is 1.00 bits per heavy atom. The number of methoxy groups -OCH3 is 1. The average Bonchev–Trinajstić information content (AvgIpc) is 2.61. The molecule has 2 aromatic rings. The van der Waals surface area contributed by atoms with E-state index in [1.165, 1.54) is 25.3 Å².